The molecule has 1 N–H and O–H groups in total. The zero-order chi connectivity index (χ0) is 11.0. The number of nitrogens with zero attached hydrogens (tertiary/aromatic N) is 2. The molecule has 2 rings (SSSR count). The van der Waals surface area contributed by atoms with Crippen LogP contribution in [0, 0.1) is 0 Å². The van der Waals surface area contributed by atoms with Crippen LogP contribution in [-0.4, -0.2) is 14.3 Å². The standard InChI is InChI=1S/C9H8BrN3O2/c1-12-8(14)11-9(15)13(12)7-4-2-6(10)3-5-7/h2-5H,1H3,(H,11,14,15). The zero-order valence-electron chi connectivity index (χ0n) is 7.90. The van der Waals surface area contributed by atoms with Gasteiger partial charge in [0, 0.05) is 11.5 Å². The molecule has 0 spiro atoms. The van der Waals surface area contributed by atoms with Gasteiger partial charge >= 0.3 is 11.4 Å². The van der Waals surface area contributed by atoms with E-state index in [1.165, 1.54) is 16.4 Å². The van der Waals surface area contributed by atoms with Gasteiger partial charge in [-0.1, -0.05) is 15.9 Å². The van der Waals surface area contributed by atoms with Crippen LogP contribution in [0.4, 0.5) is 0 Å². The number of rotatable bonds is 1. The molecule has 0 saturated carbocycles. The highest BCUT2D eigenvalue weighted by atomic mass is 79.9. The second-order valence-electron chi connectivity index (χ2n) is 3.05. The third-order valence-electron chi connectivity index (χ3n) is 2.07. The molecular formula is C9H8BrN3O2. The number of aromatic nitrogens is 3. The van der Waals surface area contributed by atoms with Crippen molar-refractivity contribution in [3.63, 3.8) is 0 Å². The number of H-pyrrole nitrogens is 1. The van der Waals surface area contributed by atoms with Crippen LogP contribution in [0.3, 0.4) is 0 Å². The van der Waals surface area contributed by atoms with Crippen LogP contribution >= 0.6 is 15.9 Å². The van der Waals surface area contributed by atoms with Gasteiger partial charge in [-0.15, -0.1) is 0 Å². The lowest BCUT2D eigenvalue weighted by atomic mass is 10.3. The van der Waals surface area contributed by atoms with Crippen molar-refractivity contribution >= 4 is 15.9 Å². The molecule has 78 valence electrons. The largest absolute Gasteiger partial charge is 0.349 e. The topological polar surface area (TPSA) is 59.8 Å². The summed E-state index contributed by atoms with van der Waals surface area (Å²) in [5.41, 5.74) is -0.225. The minimum atomic E-state index is -0.440. The zero-order valence-corrected chi connectivity index (χ0v) is 9.48. The lowest BCUT2D eigenvalue weighted by Crippen LogP contribution is -2.22. The van der Waals surface area contributed by atoms with Gasteiger partial charge in [-0.2, -0.15) is 4.68 Å². The highest BCUT2D eigenvalue weighted by molar-refractivity contribution is 9.10. The van der Waals surface area contributed by atoms with Gasteiger partial charge in [0.25, 0.3) is 0 Å². The predicted molar refractivity (Wildman–Crippen MR) is 59.3 cm³/mol. The van der Waals surface area contributed by atoms with Crippen LogP contribution < -0.4 is 11.4 Å². The average molecular weight is 270 g/mol. The highest BCUT2D eigenvalue weighted by Crippen LogP contribution is 2.11. The fourth-order valence-corrected chi connectivity index (χ4v) is 1.59. The molecule has 0 radical (unpaired) electrons. The van der Waals surface area contributed by atoms with Crippen molar-refractivity contribution in [3.05, 3.63) is 49.7 Å². The molecule has 0 fully saturated rings. The highest BCUT2D eigenvalue weighted by Gasteiger charge is 2.06. The smallest absolute Gasteiger partial charge is 0.256 e. The molecule has 0 amide bonds. The maximum atomic E-state index is 11.4. The normalized spacial score (nSPS) is 10.5. The third-order valence-corrected chi connectivity index (χ3v) is 2.60. The maximum absolute atomic E-state index is 11.4. The van der Waals surface area contributed by atoms with Gasteiger partial charge in [0.1, 0.15) is 0 Å². The van der Waals surface area contributed by atoms with E-state index in [-0.39, 0.29) is 0 Å². The van der Waals surface area contributed by atoms with Crippen molar-refractivity contribution in [1.29, 1.82) is 0 Å². The van der Waals surface area contributed by atoms with Crippen LogP contribution in [0.2, 0.25) is 0 Å². The van der Waals surface area contributed by atoms with Crippen molar-refractivity contribution in [3.8, 4) is 5.69 Å². The number of halogens is 1. The summed E-state index contributed by atoms with van der Waals surface area (Å²) in [7, 11) is 1.53. The molecular weight excluding hydrogens is 262 g/mol. The number of nitrogens with one attached hydrogen (secondary N) is 1. The second-order valence-corrected chi connectivity index (χ2v) is 3.96. The predicted octanol–water partition coefficient (Wildman–Crippen LogP) is 0.627. The molecule has 2 aromatic rings. The lowest BCUT2D eigenvalue weighted by molar-refractivity contribution is 0.628. The van der Waals surface area contributed by atoms with Crippen molar-refractivity contribution in [2.75, 3.05) is 0 Å². The Balaban J connectivity index is 2.69. The summed E-state index contributed by atoms with van der Waals surface area (Å²) in [6.07, 6.45) is 0. The van der Waals surface area contributed by atoms with E-state index in [9.17, 15) is 9.59 Å². The number of aromatic amines is 1. The molecule has 1 aromatic carbocycles. The third kappa shape index (κ3) is 1.68. The van der Waals surface area contributed by atoms with Crippen molar-refractivity contribution < 1.29 is 0 Å². The first kappa shape index (κ1) is 9.97. The molecule has 0 unspecified atom stereocenters. The van der Waals surface area contributed by atoms with Gasteiger partial charge in [-0.3, -0.25) is 4.98 Å². The van der Waals surface area contributed by atoms with Gasteiger partial charge in [-0.25, -0.2) is 14.3 Å². The lowest BCUT2D eigenvalue weighted by Gasteiger charge is -2.04. The number of benzene rings is 1. The van der Waals surface area contributed by atoms with E-state index in [1.54, 1.807) is 24.3 Å². The van der Waals surface area contributed by atoms with E-state index in [4.69, 9.17) is 0 Å². The van der Waals surface area contributed by atoms with Crippen molar-refractivity contribution in [2.45, 2.75) is 0 Å². The Bertz CT molecular complexity index is 591. The SMILES string of the molecule is Cn1c(=O)[nH]c(=O)n1-c1ccc(Br)cc1. The maximum Gasteiger partial charge on any atom is 0.349 e. The van der Waals surface area contributed by atoms with Crippen molar-refractivity contribution in [2.24, 2.45) is 7.05 Å². The van der Waals surface area contributed by atoms with Gasteiger partial charge in [0.2, 0.25) is 0 Å². The van der Waals surface area contributed by atoms with Gasteiger partial charge < -0.3 is 0 Å². The van der Waals surface area contributed by atoms with Crippen LogP contribution in [0.1, 0.15) is 0 Å². The first-order valence-electron chi connectivity index (χ1n) is 4.24. The van der Waals surface area contributed by atoms with Crippen LogP contribution in [0.5, 0.6) is 0 Å². The molecule has 6 heteroatoms. The van der Waals surface area contributed by atoms with E-state index in [0.717, 1.165) is 4.47 Å². The molecule has 0 atom stereocenters. The van der Waals surface area contributed by atoms with Crippen molar-refractivity contribution in [1.82, 2.24) is 14.3 Å². The van der Waals surface area contributed by atoms with Crippen LogP contribution in [0.25, 0.3) is 5.69 Å². The second kappa shape index (κ2) is 3.54. The minimum Gasteiger partial charge on any atom is -0.256 e. The Hall–Kier alpha value is -1.56. The van der Waals surface area contributed by atoms with Gasteiger partial charge in [0.15, 0.2) is 0 Å². The average Bonchev–Trinajstić information content (AvgIpc) is 2.44. The quantitative estimate of drug-likeness (QED) is 0.826. The fourth-order valence-electron chi connectivity index (χ4n) is 1.33. The summed E-state index contributed by atoms with van der Waals surface area (Å²) in [5, 5.41) is 0. The van der Waals surface area contributed by atoms with Gasteiger partial charge in [0.05, 0.1) is 5.69 Å². The van der Waals surface area contributed by atoms with E-state index >= 15 is 0 Å². The number of hydrogen-bond donors (Lipinski definition) is 1. The molecule has 0 aliphatic carbocycles. The Morgan fingerprint density at radius 2 is 1.73 bits per heavy atom. The first-order chi connectivity index (χ1) is 7.09. The molecule has 0 aliphatic rings. The Labute approximate surface area is 93.1 Å². The molecule has 1 heterocycles. The molecule has 0 bridgehead atoms. The van der Waals surface area contributed by atoms with E-state index in [1.807, 2.05) is 0 Å². The summed E-state index contributed by atoms with van der Waals surface area (Å²) >= 11 is 3.30. The Kier molecular flexibility index (Phi) is 2.36. The molecule has 15 heavy (non-hydrogen) atoms. The Morgan fingerprint density at radius 3 is 2.20 bits per heavy atom. The van der Waals surface area contributed by atoms with Crippen LogP contribution in [-0.2, 0) is 7.05 Å². The van der Waals surface area contributed by atoms with E-state index in [2.05, 4.69) is 20.9 Å². The molecule has 5 nitrogen and oxygen atoms in total. The van der Waals surface area contributed by atoms with E-state index in [0.29, 0.717) is 5.69 Å². The minimum absolute atomic E-state index is 0.428. The monoisotopic (exact) mass is 269 g/mol. The number of hydrogen-bond acceptors (Lipinski definition) is 2. The summed E-state index contributed by atoms with van der Waals surface area (Å²) in [6.45, 7) is 0. The summed E-state index contributed by atoms with van der Waals surface area (Å²) in [6, 6.07) is 7.11. The summed E-state index contributed by atoms with van der Waals surface area (Å²) in [4.78, 5) is 24.8. The van der Waals surface area contributed by atoms with Crippen LogP contribution in [0.15, 0.2) is 38.3 Å². The first-order valence-corrected chi connectivity index (χ1v) is 5.03. The molecule has 0 aliphatic heterocycles. The van der Waals surface area contributed by atoms with Gasteiger partial charge in [-0.05, 0) is 24.3 Å². The molecule has 1 aromatic heterocycles. The molecule has 0 saturated heterocycles. The summed E-state index contributed by atoms with van der Waals surface area (Å²) < 4.78 is 3.42. The Morgan fingerprint density at radius 1 is 1.13 bits per heavy atom. The summed E-state index contributed by atoms with van der Waals surface area (Å²) in [5.74, 6) is 0. The van der Waals surface area contributed by atoms with E-state index < -0.39 is 11.4 Å². The fraction of sp³-hybridized carbons (Fsp3) is 0.111.